The molecule has 2 aromatic rings. The maximum atomic E-state index is 13.1. The van der Waals surface area contributed by atoms with E-state index in [0.29, 0.717) is 21.9 Å². The quantitative estimate of drug-likeness (QED) is 0.578. The first kappa shape index (κ1) is 24.0. The average Bonchev–Trinajstić information content (AvgIpc) is 3.26. The average molecular weight is 482 g/mol. The predicted octanol–water partition coefficient (Wildman–Crippen LogP) is 1.44. The van der Waals surface area contributed by atoms with Crippen molar-refractivity contribution < 1.29 is 27.5 Å². The van der Waals surface area contributed by atoms with Gasteiger partial charge in [0.15, 0.2) is 0 Å². The Balaban J connectivity index is 1.59. The molecule has 1 aliphatic heterocycles. The number of aryl methyl sites for hydroxylation is 1. The molecular weight excluding hydrogens is 458 g/mol. The van der Waals surface area contributed by atoms with Crippen LogP contribution in [0.4, 0.5) is 0 Å². The Kier molecular flexibility index (Phi) is 7.73. The van der Waals surface area contributed by atoms with E-state index in [1.807, 2.05) is 0 Å². The molecule has 2 amide bonds. The van der Waals surface area contributed by atoms with Crippen molar-refractivity contribution in [3.05, 3.63) is 58.6 Å². The first-order valence-corrected chi connectivity index (χ1v) is 11.6. The Labute approximate surface area is 191 Å². The van der Waals surface area contributed by atoms with Gasteiger partial charge in [-0.25, -0.2) is 8.42 Å². The summed E-state index contributed by atoms with van der Waals surface area (Å²) >= 11 is 6.03. The number of nitrogens with one attached hydrogen (secondary N) is 2. The number of hydrogen-bond donors (Lipinski definition) is 2. The highest BCUT2D eigenvalue weighted by Crippen LogP contribution is 2.26. The second kappa shape index (κ2) is 10.3. The van der Waals surface area contributed by atoms with E-state index in [4.69, 9.17) is 21.1 Å². The van der Waals surface area contributed by atoms with Crippen molar-refractivity contribution in [2.45, 2.75) is 24.6 Å². The third-order valence-electron chi connectivity index (χ3n) is 4.96. The molecule has 0 aliphatic carbocycles. The van der Waals surface area contributed by atoms with Crippen LogP contribution >= 0.6 is 11.6 Å². The third kappa shape index (κ3) is 5.39. The molecule has 1 heterocycles. The topological polar surface area (TPSA) is 114 Å². The molecule has 1 atom stereocenters. The molecule has 0 radical (unpaired) electrons. The van der Waals surface area contributed by atoms with Crippen molar-refractivity contribution in [2.75, 3.05) is 26.8 Å². The SMILES string of the molecule is COc1ccc(S(=O)(=O)N2CCO[C@H]2CNC(=O)C(=O)NCc2ccccc2Cl)cc1C. The zero-order chi connectivity index (χ0) is 23.3. The van der Waals surface area contributed by atoms with E-state index in [2.05, 4.69) is 10.6 Å². The summed E-state index contributed by atoms with van der Waals surface area (Å²) in [5.74, 6) is -1.18. The number of methoxy groups -OCH3 is 1. The number of carbonyl (C=O) groups is 2. The summed E-state index contributed by atoms with van der Waals surface area (Å²) in [4.78, 5) is 24.3. The molecule has 11 heteroatoms. The monoisotopic (exact) mass is 481 g/mol. The van der Waals surface area contributed by atoms with E-state index in [1.54, 1.807) is 37.3 Å². The molecule has 1 saturated heterocycles. The second-order valence-corrected chi connectivity index (χ2v) is 9.35. The lowest BCUT2D eigenvalue weighted by Gasteiger charge is -2.23. The molecule has 1 fully saturated rings. The fraction of sp³-hybridized carbons (Fsp3) is 0.333. The molecule has 0 saturated carbocycles. The maximum Gasteiger partial charge on any atom is 0.309 e. The smallest absolute Gasteiger partial charge is 0.309 e. The highest BCUT2D eigenvalue weighted by molar-refractivity contribution is 7.89. The van der Waals surface area contributed by atoms with Gasteiger partial charge in [0.1, 0.15) is 12.0 Å². The minimum Gasteiger partial charge on any atom is -0.496 e. The summed E-state index contributed by atoms with van der Waals surface area (Å²) in [6.07, 6.45) is -0.928. The highest BCUT2D eigenvalue weighted by atomic mass is 35.5. The molecule has 0 unspecified atom stereocenters. The normalized spacial score (nSPS) is 16.5. The predicted molar refractivity (Wildman–Crippen MR) is 118 cm³/mol. The largest absolute Gasteiger partial charge is 0.496 e. The Morgan fingerprint density at radius 3 is 2.59 bits per heavy atom. The van der Waals surface area contributed by atoms with Crippen molar-refractivity contribution in [1.29, 1.82) is 0 Å². The van der Waals surface area contributed by atoms with Crippen molar-refractivity contribution in [3.8, 4) is 5.75 Å². The lowest BCUT2D eigenvalue weighted by Crippen LogP contribution is -2.47. The Morgan fingerprint density at radius 1 is 1.19 bits per heavy atom. The van der Waals surface area contributed by atoms with Crippen LogP contribution in [0.25, 0.3) is 0 Å². The number of carbonyl (C=O) groups excluding carboxylic acids is 2. The van der Waals surface area contributed by atoms with E-state index >= 15 is 0 Å². The van der Waals surface area contributed by atoms with E-state index in [0.717, 1.165) is 4.31 Å². The maximum absolute atomic E-state index is 13.1. The van der Waals surface area contributed by atoms with Crippen molar-refractivity contribution in [3.63, 3.8) is 0 Å². The van der Waals surface area contributed by atoms with Gasteiger partial charge in [-0.3, -0.25) is 9.59 Å². The molecule has 172 valence electrons. The van der Waals surface area contributed by atoms with E-state index in [-0.39, 0.29) is 31.1 Å². The Bertz CT molecular complexity index is 1110. The number of amides is 2. The van der Waals surface area contributed by atoms with Gasteiger partial charge >= 0.3 is 11.8 Å². The lowest BCUT2D eigenvalue weighted by atomic mass is 10.2. The number of ether oxygens (including phenoxy) is 2. The first-order valence-electron chi connectivity index (χ1n) is 9.81. The van der Waals surface area contributed by atoms with Gasteiger partial charge in [-0.1, -0.05) is 29.8 Å². The first-order chi connectivity index (χ1) is 15.2. The fourth-order valence-corrected chi connectivity index (χ4v) is 5.05. The molecule has 32 heavy (non-hydrogen) atoms. The van der Waals surface area contributed by atoms with Crippen LogP contribution in [0, 0.1) is 6.92 Å². The molecule has 1 aliphatic rings. The van der Waals surface area contributed by atoms with Gasteiger partial charge in [-0.05, 0) is 42.3 Å². The summed E-state index contributed by atoms with van der Waals surface area (Å²) < 4.78 is 38.0. The Morgan fingerprint density at radius 2 is 1.91 bits per heavy atom. The summed E-state index contributed by atoms with van der Waals surface area (Å²) in [5, 5.41) is 5.38. The van der Waals surface area contributed by atoms with Gasteiger partial charge < -0.3 is 20.1 Å². The molecule has 0 aromatic heterocycles. The molecule has 2 aromatic carbocycles. The number of benzene rings is 2. The van der Waals surface area contributed by atoms with E-state index in [9.17, 15) is 18.0 Å². The summed E-state index contributed by atoms with van der Waals surface area (Å²) in [6.45, 7) is 1.97. The highest BCUT2D eigenvalue weighted by Gasteiger charge is 2.37. The fourth-order valence-electron chi connectivity index (χ4n) is 3.25. The summed E-state index contributed by atoms with van der Waals surface area (Å²) in [7, 11) is -2.36. The van der Waals surface area contributed by atoms with Crippen LogP contribution in [-0.4, -0.2) is 57.6 Å². The second-order valence-electron chi connectivity index (χ2n) is 7.06. The van der Waals surface area contributed by atoms with Crippen LogP contribution in [0.3, 0.4) is 0 Å². The summed E-state index contributed by atoms with van der Waals surface area (Å²) in [6, 6.07) is 11.5. The van der Waals surface area contributed by atoms with Gasteiger partial charge in [-0.2, -0.15) is 4.31 Å². The van der Waals surface area contributed by atoms with Gasteiger partial charge in [0.05, 0.1) is 25.2 Å². The molecule has 3 rings (SSSR count). The van der Waals surface area contributed by atoms with Gasteiger partial charge in [-0.15, -0.1) is 0 Å². The molecule has 2 N–H and O–H groups in total. The minimum atomic E-state index is -3.87. The lowest BCUT2D eigenvalue weighted by molar-refractivity contribution is -0.139. The van der Waals surface area contributed by atoms with Gasteiger partial charge in [0.2, 0.25) is 10.0 Å². The van der Waals surface area contributed by atoms with Crippen LogP contribution in [-0.2, 0) is 30.9 Å². The number of rotatable bonds is 7. The number of sulfonamides is 1. The van der Waals surface area contributed by atoms with E-state index in [1.165, 1.54) is 19.2 Å². The van der Waals surface area contributed by atoms with Gasteiger partial charge in [0.25, 0.3) is 0 Å². The minimum absolute atomic E-state index is 0.0865. The van der Waals surface area contributed by atoms with Crippen molar-refractivity contribution >= 4 is 33.4 Å². The standard InChI is InChI=1S/C21H24ClN3O6S/c1-14-11-16(7-8-18(14)30-2)32(28,29)25-9-10-31-19(25)13-24-21(27)20(26)23-12-15-5-3-4-6-17(15)22/h3-8,11,19H,9-10,12-13H2,1-2H3,(H,23,26)(H,24,27)/t19-/m0/s1. The van der Waals surface area contributed by atoms with Crippen molar-refractivity contribution in [2.24, 2.45) is 0 Å². The summed E-state index contributed by atoms with van der Waals surface area (Å²) in [5.41, 5.74) is 1.34. The van der Waals surface area contributed by atoms with Crippen LogP contribution in [0.1, 0.15) is 11.1 Å². The zero-order valence-corrected chi connectivity index (χ0v) is 19.2. The molecular formula is C21H24ClN3O6S. The van der Waals surface area contributed by atoms with Crippen LogP contribution in [0.15, 0.2) is 47.4 Å². The van der Waals surface area contributed by atoms with Crippen LogP contribution in [0.5, 0.6) is 5.75 Å². The number of halogens is 1. The zero-order valence-electron chi connectivity index (χ0n) is 17.6. The third-order valence-corrected chi connectivity index (χ3v) is 7.21. The Hall–Kier alpha value is -2.66. The number of hydrogen-bond acceptors (Lipinski definition) is 6. The molecule has 9 nitrogen and oxygen atoms in total. The van der Waals surface area contributed by atoms with Crippen LogP contribution < -0.4 is 15.4 Å². The molecule has 0 bridgehead atoms. The van der Waals surface area contributed by atoms with Gasteiger partial charge in [0, 0.05) is 18.1 Å². The van der Waals surface area contributed by atoms with E-state index < -0.39 is 28.1 Å². The van der Waals surface area contributed by atoms with Crippen molar-refractivity contribution in [1.82, 2.24) is 14.9 Å². The molecule has 0 spiro atoms. The number of nitrogens with zero attached hydrogens (tertiary/aromatic N) is 1. The van der Waals surface area contributed by atoms with Crippen LogP contribution in [0.2, 0.25) is 5.02 Å².